The molecule has 0 amide bonds. The van der Waals surface area contributed by atoms with Crippen LogP contribution in [0.4, 0.5) is 26.3 Å². The lowest BCUT2D eigenvalue weighted by Crippen LogP contribution is -2.55. The number of carboxylic acids is 1. The molecule has 1 aliphatic carbocycles. The first-order valence-corrected chi connectivity index (χ1v) is 4.79. The molecule has 9 heteroatoms. The summed E-state index contributed by atoms with van der Waals surface area (Å²) in [6, 6.07) is 0. The Morgan fingerprint density at radius 3 is 1.94 bits per heavy atom. The monoisotopic (exact) mass is 294 g/mol. The van der Waals surface area contributed by atoms with E-state index >= 15 is 0 Å². The summed E-state index contributed by atoms with van der Waals surface area (Å²) in [6.45, 7) is 0. The number of hydrogen-bond donors (Lipinski definition) is 1. The quantitative estimate of drug-likeness (QED) is 0.595. The Morgan fingerprint density at radius 1 is 1.22 bits per heavy atom. The van der Waals surface area contributed by atoms with Crippen molar-refractivity contribution in [1.29, 1.82) is 0 Å². The molecule has 0 radical (unpaired) electrons. The number of halogens is 7. The van der Waals surface area contributed by atoms with Crippen LogP contribution in [0.5, 0.6) is 0 Å². The Labute approximate surface area is 102 Å². The van der Waals surface area contributed by atoms with Crippen molar-refractivity contribution < 1.29 is 36.2 Å². The lowest BCUT2D eigenvalue weighted by molar-refractivity contribution is -0.319. The second kappa shape index (κ2) is 4.18. The molecule has 0 heterocycles. The fourth-order valence-electron chi connectivity index (χ4n) is 1.46. The highest BCUT2D eigenvalue weighted by atomic mass is 35.5. The predicted octanol–water partition coefficient (Wildman–Crippen LogP) is 3.29. The molecule has 0 saturated heterocycles. The number of aliphatic carboxylic acids is 1. The van der Waals surface area contributed by atoms with Gasteiger partial charge in [0, 0.05) is 0 Å². The van der Waals surface area contributed by atoms with Crippen LogP contribution in [0.2, 0.25) is 0 Å². The molecular formula is C9H5ClF6O2. The van der Waals surface area contributed by atoms with Crippen molar-refractivity contribution in [3.8, 4) is 0 Å². The van der Waals surface area contributed by atoms with Gasteiger partial charge in [0.05, 0.1) is 11.0 Å². The minimum Gasteiger partial charge on any atom is -0.478 e. The fourth-order valence-corrected chi connectivity index (χ4v) is 1.92. The number of carboxylic acid groups (broad SMARTS) is 1. The maximum absolute atomic E-state index is 12.6. The topological polar surface area (TPSA) is 37.3 Å². The third-order valence-corrected chi connectivity index (χ3v) is 2.94. The predicted molar refractivity (Wildman–Crippen MR) is 49.0 cm³/mol. The third kappa shape index (κ3) is 2.09. The van der Waals surface area contributed by atoms with Crippen molar-refractivity contribution in [2.45, 2.75) is 17.7 Å². The van der Waals surface area contributed by atoms with Gasteiger partial charge in [0.25, 0.3) is 0 Å². The molecule has 0 bridgehead atoms. The summed E-state index contributed by atoms with van der Waals surface area (Å²) in [5, 5.41) is 5.92. The van der Waals surface area contributed by atoms with Crippen LogP contribution in [-0.2, 0) is 4.79 Å². The van der Waals surface area contributed by atoms with Gasteiger partial charge >= 0.3 is 18.3 Å². The van der Waals surface area contributed by atoms with E-state index in [-0.39, 0.29) is 18.2 Å². The first kappa shape index (κ1) is 14.9. The summed E-state index contributed by atoms with van der Waals surface area (Å²) < 4.78 is 75.8. The second-order valence-electron chi connectivity index (χ2n) is 3.53. The molecular weight excluding hydrogens is 290 g/mol. The van der Waals surface area contributed by atoms with Crippen molar-refractivity contribution >= 4 is 17.6 Å². The maximum atomic E-state index is 12.6. The van der Waals surface area contributed by atoms with Gasteiger partial charge in [-0.1, -0.05) is 18.2 Å². The van der Waals surface area contributed by atoms with Crippen LogP contribution in [-0.4, -0.2) is 28.8 Å². The first-order valence-electron chi connectivity index (χ1n) is 4.35. The highest BCUT2D eigenvalue weighted by Crippen LogP contribution is 2.56. The molecule has 0 aromatic heterocycles. The van der Waals surface area contributed by atoms with Gasteiger partial charge < -0.3 is 5.11 Å². The van der Waals surface area contributed by atoms with Gasteiger partial charge in [-0.3, -0.25) is 0 Å². The zero-order valence-corrected chi connectivity index (χ0v) is 9.07. The first-order chi connectivity index (χ1) is 7.93. The van der Waals surface area contributed by atoms with E-state index in [0.29, 0.717) is 0 Å². The van der Waals surface area contributed by atoms with Gasteiger partial charge in [-0.2, -0.15) is 26.3 Å². The Bertz CT molecular complexity index is 406. The fraction of sp³-hybridized carbons (Fsp3) is 0.444. The van der Waals surface area contributed by atoms with Crippen LogP contribution in [0, 0.1) is 5.41 Å². The van der Waals surface area contributed by atoms with E-state index in [1.807, 2.05) is 0 Å². The molecule has 1 unspecified atom stereocenters. The smallest absolute Gasteiger partial charge is 0.408 e. The number of allylic oxidation sites excluding steroid dienone is 2. The van der Waals surface area contributed by atoms with Gasteiger partial charge in [-0.05, 0) is 0 Å². The van der Waals surface area contributed by atoms with Gasteiger partial charge in [0.15, 0.2) is 5.41 Å². The van der Waals surface area contributed by atoms with Gasteiger partial charge in [-0.25, -0.2) is 4.79 Å². The molecule has 102 valence electrons. The standard InChI is InChI=1S/C9H5ClF6O2/c10-5-3-4(6(17)18)1-2-7(5,8(11,12)13)9(14,15)16/h1-3,5H,(H,17,18). The molecule has 0 saturated carbocycles. The molecule has 2 nitrogen and oxygen atoms in total. The van der Waals surface area contributed by atoms with E-state index in [1.165, 1.54) is 0 Å². The molecule has 1 atom stereocenters. The van der Waals surface area contributed by atoms with Crippen LogP contribution in [0.3, 0.4) is 0 Å². The van der Waals surface area contributed by atoms with Crippen LogP contribution in [0.15, 0.2) is 23.8 Å². The third-order valence-electron chi connectivity index (χ3n) is 2.47. The van der Waals surface area contributed by atoms with Crippen molar-refractivity contribution in [3.63, 3.8) is 0 Å². The number of alkyl halides is 7. The molecule has 0 aromatic carbocycles. The molecule has 0 spiro atoms. The van der Waals surface area contributed by atoms with Crippen LogP contribution in [0.25, 0.3) is 0 Å². The molecule has 0 aliphatic heterocycles. The zero-order valence-electron chi connectivity index (χ0n) is 8.31. The highest BCUT2D eigenvalue weighted by molar-refractivity contribution is 6.23. The lowest BCUT2D eigenvalue weighted by Gasteiger charge is -2.38. The average Bonchev–Trinajstić information content (AvgIpc) is 2.12. The largest absolute Gasteiger partial charge is 0.478 e. The van der Waals surface area contributed by atoms with E-state index in [1.54, 1.807) is 0 Å². The highest BCUT2D eigenvalue weighted by Gasteiger charge is 2.72. The lowest BCUT2D eigenvalue weighted by atomic mass is 9.78. The summed E-state index contributed by atoms with van der Waals surface area (Å²) in [4.78, 5) is 10.5. The number of carbonyl (C=O) groups is 1. The van der Waals surface area contributed by atoms with Crippen molar-refractivity contribution in [2.24, 2.45) is 5.41 Å². The van der Waals surface area contributed by atoms with Crippen LogP contribution < -0.4 is 0 Å². The van der Waals surface area contributed by atoms with E-state index < -0.39 is 34.7 Å². The maximum Gasteiger partial charge on any atom is 0.408 e. The SMILES string of the molecule is O=C(O)C1=CC(Cl)C(C(F)(F)F)(C(F)(F)F)C=C1. The summed E-state index contributed by atoms with van der Waals surface area (Å²) in [7, 11) is 0. The van der Waals surface area contributed by atoms with E-state index in [0.717, 1.165) is 0 Å². The molecule has 18 heavy (non-hydrogen) atoms. The van der Waals surface area contributed by atoms with Crippen molar-refractivity contribution in [2.75, 3.05) is 0 Å². The molecule has 1 rings (SSSR count). The van der Waals surface area contributed by atoms with Crippen molar-refractivity contribution in [1.82, 2.24) is 0 Å². The van der Waals surface area contributed by atoms with Gasteiger partial charge in [0.2, 0.25) is 0 Å². The molecule has 1 N–H and O–H groups in total. The molecule has 0 aromatic rings. The Balaban J connectivity index is 3.37. The van der Waals surface area contributed by atoms with E-state index in [4.69, 9.17) is 16.7 Å². The second-order valence-corrected chi connectivity index (χ2v) is 4.00. The summed E-state index contributed by atoms with van der Waals surface area (Å²) in [5.41, 5.74) is -5.00. The average molecular weight is 295 g/mol. The summed E-state index contributed by atoms with van der Waals surface area (Å²) >= 11 is 5.12. The summed E-state index contributed by atoms with van der Waals surface area (Å²) in [5.74, 6) is -1.66. The van der Waals surface area contributed by atoms with Crippen LogP contribution in [0.1, 0.15) is 0 Å². The van der Waals surface area contributed by atoms with Crippen LogP contribution >= 0.6 is 11.6 Å². The normalized spacial score (nSPS) is 23.7. The molecule has 0 fully saturated rings. The van der Waals surface area contributed by atoms with Gasteiger partial charge in [-0.15, -0.1) is 11.6 Å². The van der Waals surface area contributed by atoms with Gasteiger partial charge in [0.1, 0.15) is 0 Å². The minimum atomic E-state index is -5.69. The summed E-state index contributed by atoms with van der Waals surface area (Å²) in [6.07, 6.45) is -11.1. The Morgan fingerprint density at radius 2 is 1.67 bits per heavy atom. The van der Waals surface area contributed by atoms with E-state index in [9.17, 15) is 31.1 Å². The Hall–Kier alpha value is -1.18. The number of rotatable bonds is 1. The number of hydrogen-bond acceptors (Lipinski definition) is 1. The zero-order chi connectivity index (χ0) is 14.4. The Kier molecular flexibility index (Phi) is 3.46. The molecule has 1 aliphatic rings. The van der Waals surface area contributed by atoms with Crippen molar-refractivity contribution in [3.05, 3.63) is 23.8 Å². The van der Waals surface area contributed by atoms with E-state index in [2.05, 4.69) is 0 Å². The minimum absolute atomic E-state index is 0.227.